The topological polar surface area (TPSA) is 177 Å². The molecule has 2 aromatic heterocycles. The zero-order valence-electron chi connectivity index (χ0n) is 19.4. The summed E-state index contributed by atoms with van der Waals surface area (Å²) in [5.41, 5.74) is 3.30. The van der Waals surface area contributed by atoms with E-state index in [9.17, 15) is 21.2 Å². The van der Waals surface area contributed by atoms with Gasteiger partial charge < -0.3 is 10.6 Å². The molecule has 0 unspecified atom stereocenters. The molecule has 0 radical (unpaired) electrons. The van der Waals surface area contributed by atoms with Gasteiger partial charge in [-0.3, -0.25) is 9.54 Å². The van der Waals surface area contributed by atoms with Crippen molar-refractivity contribution in [2.24, 2.45) is 5.14 Å². The smallest absolute Gasteiger partial charge is 0.261 e. The fourth-order valence-corrected chi connectivity index (χ4v) is 3.53. The van der Waals surface area contributed by atoms with Crippen LogP contribution in [0.15, 0.2) is 84.1 Å². The molecule has 4 rings (SSSR count). The number of pyridine rings is 1. The van der Waals surface area contributed by atoms with E-state index in [2.05, 4.69) is 25.6 Å². The molecule has 0 aliphatic carbocycles. The van der Waals surface area contributed by atoms with Crippen LogP contribution in [-0.2, 0) is 26.6 Å². The highest BCUT2D eigenvalue weighted by atomic mass is 32.2. The molecule has 0 amide bonds. The molecular formula is C23H23FN6O5S2. The lowest BCUT2D eigenvalue weighted by Gasteiger charge is -2.11. The van der Waals surface area contributed by atoms with Crippen LogP contribution in [0.25, 0.3) is 0 Å². The SMILES string of the molecule is CS(=O)(=O)O.NS(=O)(=O)c1cccc(Nc2ncc(F)c(Nc3ccc(Cc4ccncc4)cc3)n2)c1. The monoisotopic (exact) mass is 546 g/mol. The van der Waals surface area contributed by atoms with Crippen molar-refractivity contribution >= 4 is 43.3 Å². The van der Waals surface area contributed by atoms with Gasteiger partial charge in [-0.05, 0) is 60.0 Å². The fourth-order valence-electron chi connectivity index (χ4n) is 2.97. The summed E-state index contributed by atoms with van der Waals surface area (Å²) in [6.07, 6.45) is 6.00. The third-order valence-electron chi connectivity index (χ3n) is 4.54. The number of nitrogens with zero attached hydrogens (tertiary/aromatic N) is 3. The molecular weight excluding hydrogens is 523 g/mol. The van der Waals surface area contributed by atoms with Crippen molar-refractivity contribution in [3.63, 3.8) is 0 Å². The summed E-state index contributed by atoms with van der Waals surface area (Å²) in [6.45, 7) is 0. The molecule has 0 saturated carbocycles. The van der Waals surface area contributed by atoms with E-state index in [0.717, 1.165) is 23.7 Å². The number of rotatable bonds is 7. The zero-order valence-corrected chi connectivity index (χ0v) is 21.0. The van der Waals surface area contributed by atoms with Crippen LogP contribution in [-0.4, -0.2) is 42.6 Å². The highest BCUT2D eigenvalue weighted by molar-refractivity contribution is 7.89. The van der Waals surface area contributed by atoms with E-state index in [0.29, 0.717) is 17.6 Å². The minimum atomic E-state index is -3.85. The molecule has 0 atom stereocenters. The normalized spacial score (nSPS) is 11.2. The number of primary sulfonamides is 1. The van der Waals surface area contributed by atoms with Crippen LogP contribution in [0.4, 0.5) is 27.5 Å². The predicted octanol–water partition coefficient (Wildman–Crippen LogP) is 3.24. The van der Waals surface area contributed by atoms with Gasteiger partial charge in [-0.25, -0.2) is 22.9 Å². The lowest BCUT2D eigenvalue weighted by Crippen LogP contribution is -2.12. The first-order valence-corrected chi connectivity index (χ1v) is 13.9. The molecule has 2 heterocycles. The Hall–Kier alpha value is -3.98. The Morgan fingerprint density at radius 1 is 0.919 bits per heavy atom. The third kappa shape index (κ3) is 9.53. The van der Waals surface area contributed by atoms with E-state index in [1.807, 2.05) is 36.4 Å². The second kappa shape index (κ2) is 11.8. The van der Waals surface area contributed by atoms with Crippen molar-refractivity contribution in [2.75, 3.05) is 16.9 Å². The minimum Gasteiger partial charge on any atom is -0.338 e. The molecule has 194 valence electrons. The van der Waals surface area contributed by atoms with Crippen molar-refractivity contribution in [3.05, 3.63) is 96.2 Å². The molecule has 2 aromatic carbocycles. The Morgan fingerprint density at radius 3 is 2.16 bits per heavy atom. The molecule has 5 N–H and O–H groups in total. The number of aromatic nitrogens is 3. The first-order valence-electron chi connectivity index (χ1n) is 10.5. The number of nitrogens with two attached hydrogens (primary N) is 1. The number of benzene rings is 2. The van der Waals surface area contributed by atoms with Gasteiger partial charge in [0.2, 0.25) is 16.0 Å². The summed E-state index contributed by atoms with van der Waals surface area (Å²) in [5, 5.41) is 10.9. The van der Waals surface area contributed by atoms with Crippen LogP contribution in [0, 0.1) is 5.82 Å². The van der Waals surface area contributed by atoms with Crippen LogP contribution in [0.1, 0.15) is 11.1 Å². The van der Waals surface area contributed by atoms with E-state index in [1.54, 1.807) is 18.5 Å². The lowest BCUT2D eigenvalue weighted by atomic mass is 10.1. The fraction of sp³-hybridized carbons (Fsp3) is 0.0870. The minimum absolute atomic E-state index is 0.0213. The summed E-state index contributed by atoms with van der Waals surface area (Å²) in [5.74, 6) is -0.559. The number of hydrogen-bond acceptors (Lipinski definition) is 9. The Morgan fingerprint density at radius 2 is 1.54 bits per heavy atom. The maximum atomic E-state index is 14.3. The van der Waals surface area contributed by atoms with E-state index in [4.69, 9.17) is 9.69 Å². The Kier molecular flexibility index (Phi) is 8.83. The Bertz CT molecular complexity index is 1560. The van der Waals surface area contributed by atoms with Gasteiger partial charge in [-0.15, -0.1) is 0 Å². The van der Waals surface area contributed by atoms with E-state index in [-0.39, 0.29) is 16.7 Å². The molecule has 0 spiro atoms. The number of halogens is 1. The second-order valence-electron chi connectivity index (χ2n) is 7.68. The van der Waals surface area contributed by atoms with Crippen LogP contribution in [0.2, 0.25) is 0 Å². The van der Waals surface area contributed by atoms with Crippen molar-refractivity contribution in [2.45, 2.75) is 11.3 Å². The molecule has 4 aromatic rings. The van der Waals surface area contributed by atoms with Gasteiger partial charge in [-0.1, -0.05) is 18.2 Å². The van der Waals surface area contributed by atoms with E-state index < -0.39 is 26.0 Å². The Balaban J connectivity index is 0.000000695. The zero-order chi connectivity index (χ0) is 27.1. The largest absolute Gasteiger partial charge is 0.338 e. The van der Waals surface area contributed by atoms with Crippen LogP contribution in [0.5, 0.6) is 0 Å². The summed E-state index contributed by atoms with van der Waals surface area (Å²) >= 11 is 0. The summed E-state index contributed by atoms with van der Waals surface area (Å²) in [6, 6.07) is 17.3. The second-order valence-corrected chi connectivity index (χ2v) is 10.7. The first kappa shape index (κ1) is 27.6. The molecule has 0 fully saturated rings. The standard InChI is InChI=1S/C22H19FN6O2S.CH4O3S/c23-20-14-26-22(28-18-2-1-3-19(13-18)32(24,30)31)29-21(20)27-17-6-4-15(5-7-17)12-16-8-10-25-11-9-16;1-5(2,3)4/h1-11,13-14H,12H2,(H2,24,30,31)(H2,26,27,28,29);1H3,(H,2,3,4). The van der Waals surface area contributed by atoms with Gasteiger partial charge in [0.15, 0.2) is 11.6 Å². The average molecular weight is 547 g/mol. The molecule has 0 aliphatic rings. The highest BCUT2D eigenvalue weighted by Gasteiger charge is 2.11. The molecule has 14 heteroatoms. The van der Waals surface area contributed by atoms with Gasteiger partial charge in [0.25, 0.3) is 10.1 Å². The number of anilines is 4. The summed E-state index contributed by atoms with van der Waals surface area (Å²) in [7, 11) is -7.52. The Labute approximate surface area is 213 Å². The maximum Gasteiger partial charge on any atom is 0.261 e. The quantitative estimate of drug-likeness (QED) is 0.252. The van der Waals surface area contributed by atoms with E-state index in [1.165, 1.54) is 18.2 Å². The maximum absolute atomic E-state index is 14.3. The van der Waals surface area contributed by atoms with Crippen molar-refractivity contribution in [3.8, 4) is 0 Å². The highest BCUT2D eigenvalue weighted by Crippen LogP contribution is 2.22. The van der Waals surface area contributed by atoms with Gasteiger partial charge in [-0.2, -0.15) is 13.4 Å². The molecule has 0 bridgehead atoms. The van der Waals surface area contributed by atoms with Crippen LogP contribution >= 0.6 is 0 Å². The number of hydrogen-bond donors (Lipinski definition) is 4. The average Bonchev–Trinajstić information content (AvgIpc) is 2.82. The van der Waals surface area contributed by atoms with Gasteiger partial charge in [0.1, 0.15) is 0 Å². The third-order valence-corrected chi connectivity index (χ3v) is 5.45. The van der Waals surface area contributed by atoms with Gasteiger partial charge >= 0.3 is 0 Å². The van der Waals surface area contributed by atoms with Crippen LogP contribution in [0.3, 0.4) is 0 Å². The van der Waals surface area contributed by atoms with Crippen molar-refractivity contribution in [1.29, 1.82) is 0 Å². The van der Waals surface area contributed by atoms with E-state index >= 15 is 0 Å². The predicted molar refractivity (Wildman–Crippen MR) is 137 cm³/mol. The summed E-state index contributed by atoms with van der Waals surface area (Å²) < 4.78 is 63.2. The first-order chi connectivity index (χ1) is 17.4. The number of sulfonamides is 1. The van der Waals surface area contributed by atoms with Crippen molar-refractivity contribution < 1.29 is 25.8 Å². The van der Waals surface area contributed by atoms with Gasteiger partial charge in [0, 0.05) is 23.8 Å². The molecule has 0 saturated heterocycles. The van der Waals surface area contributed by atoms with Gasteiger partial charge in [0.05, 0.1) is 17.3 Å². The number of nitrogens with one attached hydrogen (secondary N) is 2. The lowest BCUT2D eigenvalue weighted by molar-refractivity contribution is 0.490. The molecule has 11 nitrogen and oxygen atoms in total. The van der Waals surface area contributed by atoms with Crippen molar-refractivity contribution in [1.82, 2.24) is 15.0 Å². The summed E-state index contributed by atoms with van der Waals surface area (Å²) in [4.78, 5) is 12.0. The molecule has 37 heavy (non-hydrogen) atoms. The van der Waals surface area contributed by atoms with Crippen LogP contribution < -0.4 is 15.8 Å². The molecule has 0 aliphatic heterocycles.